The molecule has 1 fully saturated rings. The number of rotatable bonds is 3. The van der Waals surface area contributed by atoms with Gasteiger partial charge in [-0.25, -0.2) is 4.98 Å². The average molecular weight is 291 g/mol. The molecule has 3 N–H and O–H groups in total. The zero-order valence-corrected chi connectivity index (χ0v) is 12.5. The van der Waals surface area contributed by atoms with E-state index in [4.69, 9.17) is 22.9 Å². The number of nitrogens with zero attached hydrogens (tertiary/aromatic N) is 2. The lowest BCUT2D eigenvalue weighted by molar-refractivity contribution is 0.266. The molecule has 0 spiro atoms. The number of aromatic nitrogens is 1. The zero-order chi connectivity index (χ0) is 14.1. The van der Waals surface area contributed by atoms with Crippen molar-refractivity contribution in [3.05, 3.63) is 22.9 Å². The Bertz CT molecular complexity index is 532. The van der Waals surface area contributed by atoms with Gasteiger partial charge in [0.05, 0.1) is 18.2 Å². The standard InChI is InChI=1S/C15H21N3OS/c16-14(20)12-8-10-4-1-2-6-13(10)17-15(12)18-7-3-5-11(18)9-19/h8,11,19H,1-7,9H2,(H2,16,20). The summed E-state index contributed by atoms with van der Waals surface area (Å²) in [6, 6.07) is 2.28. The highest BCUT2D eigenvalue weighted by atomic mass is 32.1. The lowest BCUT2D eigenvalue weighted by Gasteiger charge is -2.28. The highest BCUT2D eigenvalue weighted by molar-refractivity contribution is 7.80. The van der Waals surface area contributed by atoms with Crippen LogP contribution in [0.3, 0.4) is 0 Å². The lowest BCUT2D eigenvalue weighted by Crippen LogP contribution is -2.35. The van der Waals surface area contributed by atoms with Crippen LogP contribution in [-0.4, -0.2) is 34.3 Å². The fourth-order valence-corrected chi connectivity index (χ4v) is 3.48. The fourth-order valence-electron chi connectivity index (χ4n) is 3.33. The Morgan fingerprint density at radius 2 is 2.20 bits per heavy atom. The molecular weight excluding hydrogens is 270 g/mol. The van der Waals surface area contributed by atoms with Gasteiger partial charge in [-0.15, -0.1) is 0 Å². The molecule has 2 aliphatic rings. The second-order valence-corrected chi connectivity index (χ2v) is 6.15. The minimum atomic E-state index is 0.150. The summed E-state index contributed by atoms with van der Waals surface area (Å²) in [5, 5.41) is 9.53. The average Bonchev–Trinajstić information content (AvgIpc) is 2.94. The molecule has 0 aromatic carbocycles. The molecule has 1 aliphatic carbocycles. The van der Waals surface area contributed by atoms with Crippen molar-refractivity contribution >= 4 is 23.0 Å². The Kier molecular flexibility index (Phi) is 3.89. The molecule has 4 nitrogen and oxygen atoms in total. The van der Waals surface area contributed by atoms with Gasteiger partial charge in [0, 0.05) is 12.2 Å². The van der Waals surface area contributed by atoms with E-state index in [0.717, 1.165) is 43.6 Å². The quantitative estimate of drug-likeness (QED) is 0.828. The van der Waals surface area contributed by atoms with Gasteiger partial charge in [-0.3, -0.25) is 0 Å². The third kappa shape index (κ3) is 2.40. The number of hydrogen-bond donors (Lipinski definition) is 2. The maximum atomic E-state index is 9.53. The third-order valence-corrected chi connectivity index (χ3v) is 4.63. The number of nitrogens with two attached hydrogens (primary N) is 1. The summed E-state index contributed by atoms with van der Waals surface area (Å²) in [4.78, 5) is 7.45. The maximum Gasteiger partial charge on any atom is 0.139 e. The first-order chi connectivity index (χ1) is 9.70. The molecule has 20 heavy (non-hydrogen) atoms. The van der Waals surface area contributed by atoms with Crippen molar-refractivity contribution in [2.75, 3.05) is 18.1 Å². The van der Waals surface area contributed by atoms with Gasteiger partial charge >= 0.3 is 0 Å². The first kappa shape index (κ1) is 13.8. The normalized spacial score (nSPS) is 21.9. The first-order valence-electron chi connectivity index (χ1n) is 7.41. The Labute approximate surface area is 125 Å². The predicted molar refractivity (Wildman–Crippen MR) is 84.2 cm³/mol. The van der Waals surface area contributed by atoms with Gasteiger partial charge in [-0.1, -0.05) is 12.2 Å². The van der Waals surface area contributed by atoms with Crippen LogP contribution >= 0.6 is 12.2 Å². The molecule has 0 radical (unpaired) electrons. The van der Waals surface area contributed by atoms with Gasteiger partial charge < -0.3 is 15.7 Å². The summed E-state index contributed by atoms with van der Waals surface area (Å²) in [6.07, 6.45) is 6.62. The highest BCUT2D eigenvalue weighted by Gasteiger charge is 2.28. The minimum absolute atomic E-state index is 0.150. The Morgan fingerprint density at radius 3 is 2.95 bits per heavy atom. The van der Waals surface area contributed by atoms with E-state index in [0.29, 0.717) is 4.99 Å². The molecule has 2 heterocycles. The smallest absolute Gasteiger partial charge is 0.139 e. The SMILES string of the molecule is NC(=S)c1cc2c(nc1N1CCCC1CO)CCCC2. The van der Waals surface area contributed by atoms with E-state index in [1.807, 2.05) is 0 Å². The number of fused-ring (bicyclic) bond motifs is 1. The molecule has 1 atom stereocenters. The molecule has 5 heteroatoms. The van der Waals surface area contributed by atoms with Crippen molar-refractivity contribution in [2.24, 2.45) is 5.73 Å². The Balaban J connectivity index is 2.05. The largest absolute Gasteiger partial charge is 0.394 e. The highest BCUT2D eigenvalue weighted by Crippen LogP contribution is 2.31. The minimum Gasteiger partial charge on any atom is -0.394 e. The van der Waals surface area contributed by atoms with Crippen LogP contribution in [0.1, 0.15) is 42.5 Å². The van der Waals surface area contributed by atoms with Gasteiger partial charge in [-0.05, 0) is 50.2 Å². The Morgan fingerprint density at radius 1 is 1.40 bits per heavy atom. The number of aliphatic hydroxyl groups excluding tert-OH is 1. The van der Waals surface area contributed by atoms with Gasteiger partial charge in [-0.2, -0.15) is 0 Å². The van der Waals surface area contributed by atoms with Crippen LogP contribution in [0, 0.1) is 0 Å². The summed E-state index contributed by atoms with van der Waals surface area (Å²) in [5.74, 6) is 0.884. The number of pyridine rings is 1. The van der Waals surface area contributed by atoms with E-state index in [1.165, 1.54) is 24.1 Å². The zero-order valence-electron chi connectivity index (χ0n) is 11.6. The van der Waals surface area contributed by atoms with E-state index in [2.05, 4.69) is 11.0 Å². The number of thiocarbonyl (C=S) groups is 1. The summed E-state index contributed by atoms with van der Waals surface area (Å²) < 4.78 is 0. The summed E-state index contributed by atoms with van der Waals surface area (Å²) in [7, 11) is 0. The molecular formula is C15H21N3OS. The van der Waals surface area contributed by atoms with Crippen LogP contribution in [0.15, 0.2) is 6.07 Å². The van der Waals surface area contributed by atoms with Crippen LogP contribution in [0.5, 0.6) is 0 Å². The van der Waals surface area contributed by atoms with E-state index in [9.17, 15) is 5.11 Å². The maximum absolute atomic E-state index is 9.53. The molecule has 0 saturated carbocycles. The van der Waals surface area contributed by atoms with Gasteiger partial charge in [0.25, 0.3) is 0 Å². The second kappa shape index (κ2) is 5.66. The molecule has 0 bridgehead atoms. The van der Waals surface area contributed by atoms with Crippen LogP contribution in [0.25, 0.3) is 0 Å². The number of aryl methyl sites for hydroxylation is 2. The van der Waals surface area contributed by atoms with Crippen molar-refractivity contribution in [1.29, 1.82) is 0 Å². The molecule has 1 unspecified atom stereocenters. The van der Waals surface area contributed by atoms with E-state index in [1.54, 1.807) is 0 Å². The molecule has 3 rings (SSSR count). The van der Waals surface area contributed by atoms with Crippen molar-refractivity contribution in [3.63, 3.8) is 0 Å². The number of anilines is 1. The van der Waals surface area contributed by atoms with Crippen molar-refractivity contribution in [3.8, 4) is 0 Å². The summed E-state index contributed by atoms with van der Waals surface area (Å²) in [6.45, 7) is 1.09. The molecule has 1 aromatic heterocycles. The van der Waals surface area contributed by atoms with Crippen LogP contribution in [-0.2, 0) is 12.8 Å². The summed E-state index contributed by atoms with van der Waals surface area (Å²) in [5.41, 5.74) is 9.26. The molecule has 0 amide bonds. The van der Waals surface area contributed by atoms with Crippen molar-refractivity contribution < 1.29 is 5.11 Å². The van der Waals surface area contributed by atoms with E-state index < -0.39 is 0 Å². The summed E-state index contributed by atoms with van der Waals surface area (Å²) >= 11 is 5.21. The van der Waals surface area contributed by atoms with Crippen LogP contribution in [0.4, 0.5) is 5.82 Å². The van der Waals surface area contributed by atoms with E-state index in [-0.39, 0.29) is 12.6 Å². The predicted octanol–water partition coefficient (Wildman–Crippen LogP) is 1.56. The monoisotopic (exact) mass is 291 g/mol. The number of aliphatic hydroxyl groups is 1. The first-order valence-corrected chi connectivity index (χ1v) is 7.81. The third-order valence-electron chi connectivity index (χ3n) is 4.41. The van der Waals surface area contributed by atoms with Crippen molar-refractivity contribution in [1.82, 2.24) is 4.98 Å². The van der Waals surface area contributed by atoms with Gasteiger partial charge in [0.15, 0.2) is 0 Å². The molecule has 1 aliphatic heterocycles. The van der Waals surface area contributed by atoms with Gasteiger partial charge in [0.2, 0.25) is 0 Å². The van der Waals surface area contributed by atoms with Crippen LogP contribution < -0.4 is 10.6 Å². The topological polar surface area (TPSA) is 62.4 Å². The van der Waals surface area contributed by atoms with Crippen molar-refractivity contribution in [2.45, 2.75) is 44.6 Å². The molecule has 1 aromatic rings. The molecule has 108 valence electrons. The van der Waals surface area contributed by atoms with Gasteiger partial charge in [0.1, 0.15) is 10.8 Å². The fraction of sp³-hybridized carbons (Fsp3) is 0.600. The van der Waals surface area contributed by atoms with E-state index >= 15 is 0 Å². The number of hydrogen-bond acceptors (Lipinski definition) is 4. The van der Waals surface area contributed by atoms with Crippen LogP contribution in [0.2, 0.25) is 0 Å². The Hall–Kier alpha value is -1.20. The second-order valence-electron chi connectivity index (χ2n) is 5.71. The molecule has 1 saturated heterocycles. The lowest BCUT2D eigenvalue weighted by atomic mass is 9.94.